The van der Waals surface area contributed by atoms with Crippen molar-refractivity contribution in [1.29, 1.82) is 0 Å². The average molecular weight is 796 g/mol. The van der Waals surface area contributed by atoms with E-state index in [-0.39, 0.29) is 31.3 Å². The van der Waals surface area contributed by atoms with Crippen molar-refractivity contribution in [2.24, 2.45) is 11.3 Å². The molecule has 4 heterocycles. The fourth-order valence-electron chi connectivity index (χ4n) is 8.89. The molecule has 4 amide bonds. The van der Waals surface area contributed by atoms with Crippen molar-refractivity contribution in [3.05, 3.63) is 46.6 Å². The number of hydrogen-bond acceptors (Lipinski definition) is 8. The first kappa shape index (κ1) is 38.0. The van der Waals surface area contributed by atoms with E-state index in [2.05, 4.69) is 10.0 Å². The minimum absolute atomic E-state index is 0.0207. The first-order valence-corrected chi connectivity index (χ1v) is 21.5. The molecule has 8 rings (SSSR count). The SMILES string of the molecule is Cc1nc2ccc(Cl)cc2c2c1O[C@]1(CC2)C[C@H]2C(=O)N[C@]3(C(=O)NS(=O)(=O)C4(C)CC4)C[C@H]3/C=C\CCCCC[C@H](N(CC3(C)CC3)C(=O)O)C(=O)N2C1. The second-order valence-electron chi connectivity index (χ2n) is 17.6. The quantitative estimate of drug-likeness (QED) is 0.323. The zero-order valence-corrected chi connectivity index (χ0v) is 33.2. The van der Waals surface area contributed by atoms with Crippen molar-refractivity contribution in [1.82, 2.24) is 24.8 Å². The van der Waals surface area contributed by atoms with Crippen molar-refractivity contribution in [2.45, 2.75) is 132 Å². The Balaban J connectivity index is 1.16. The van der Waals surface area contributed by atoms with Crippen LogP contribution in [0.3, 0.4) is 0 Å². The molecular formula is C40H50ClN5O8S. The molecule has 1 saturated heterocycles. The Morgan fingerprint density at radius 2 is 1.87 bits per heavy atom. The predicted molar refractivity (Wildman–Crippen MR) is 205 cm³/mol. The van der Waals surface area contributed by atoms with E-state index < -0.39 is 67.7 Å². The van der Waals surface area contributed by atoms with Crippen molar-refractivity contribution >= 4 is 56.3 Å². The lowest BCUT2D eigenvalue weighted by Gasteiger charge is -2.37. The van der Waals surface area contributed by atoms with Crippen molar-refractivity contribution in [3.8, 4) is 5.75 Å². The standard InChI is InChI=1S/C40H50ClN5O8S/c1-24-32-27(28-19-26(41)11-12-29(28)42-24)13-14-39(54-32)21-31-33(47)43-40(35(49)44-55(52,53)38(3)17-18-38)20-25(40)9-7-5-4-6-8-10-30(34(48)45(31)23-39)46(36(50)51)22-37(2)15-16-37/h7,9,11-12,19,25,30-31H,4-6,8,10,13-18,20-23H2,1-3H3,(H,43,47)(H,44,49)(H,50,51)/b9-7-/t25-,30+,31+,39-,40-/m1/s1. The number of nitrogens with zero attached hydrogens (tertiary/aromatic N) is 3. The fraction of sp³-hybridized carbons (Fsp3) is 0.625. The number of pyridine rings is 1. The molecule has 1 aromatic heterocycles. The number of aryl methyl sites for hydroxylation is 2. The number of benzene rings is 1. The number of nitrogens with one attached hydrogen (secondary N) is 2. The lowest BCUT2D eigenvalue weighted by atomic mass is 9.87. The van der Waals surface area contributed by atoms with E-state index in [0.717, 1.165) is 42.1 Å². The second kappa shape index (κ2) is 13.3. The molecule has 3 saturated carbocycles. The van der Waals surface area contributed by atoms with Crippen LogP contribution in [0.25, 0.3) is 10.9 Å². The zero-order valence-electron chi connectivity index (χ0n) is 31.7. The smallest absolute Gasteiger partial charge is 0.407 e. The van der Waals surface area contributed by atoms with Crippen LogP contribution >= 0.6 is 11.6 Å². The summed E-state index contributed by atoms with van der Waals surface area (Å²) in [6, 6.07) is 3.37. The third-order valence-corrected chi connectivity index (χ3v) is 15.6. The fourth-order valence-corrected chi connectivity index (χ4v) is 10.4. The van der Waals surface area contributed by atoms with Gasteiger partial charge in [-0.3, -0.25) is 24.0 Å². The molecule has 3 aliphatic carbocycles. The summed E-state index contributed by atoms with van der Waals surface area (Å²) in [4.78, 5) is 64.1. The van der Waals surface area contributed by atoms with Gasteiger partial charge in [0.15, 0.2) is 0 Å². The maximum Gasteiger partial charge on any atom is 0.407 e. The largest absolute Gasteiger partial charge is 0.483 e. The molecule has 2 aromatic rings. The number of ether oxygens (including phenoxy) is 1. The first-order valence-electron chi connectivity index (χ1n) is 19.6. The molecule has 296 valence electrons. The highest BCUT2D eigenvalue weighted by Gasteiger charge is 2.64. The molecule has 0 radical (unpaired) electrons. The number of amides is 4. The molecule has 3 aliphatic heterocycles. The molecule has 6 aliphatic rings. The van der Waals surface area contributed by atoms with Crippen LogP contribution in [-0.4, -0.2) is 93.2 Å². The number of halogens is 1. The molecule has 13 nitrogen and oxygen atoms in total. The first-order chi connectivity index (χ1) is 26.0. The van der Waals surface area contributed by atoms with Crippen molar-refractivity contribution in [3.63, 3.8) is 0 Å². The minimum Gasteiger partial charge on any atom is -0.483 e. The number of aromatic nitrogens is 1. The van der Waals surface area contributed by atoms with Crippen LogP contribution in [0.4, 0.5) is 4.79 Å². The Bertz CT molecular complexity index is 2120. The van der Waals surface area contributed by atoms with E-state index in [1.165, 1.54) is 9.80 Å². The molecule has 0 bridgehead atoms. The van der Waals surface area contributed by atoms with Gasteiger partial charge in [-0.25, -0.2) is 18.2 Å². The molecule has 0 unspecified atom stereocenters. The molecule has 15 heteroatoms. The maximum absolute atomic E-state index is 15.0. The summed E-state index contributed by atoms with van der Waals surface area (Å²) in [7, 11) is -4.00. The third kappa shape index (κ3) is 6.95. The van der Waals surface area contributed by atoms with Crippen LogP contribution < -0.4 is 14.8 Å². The van der Waals surface area contributed by atoms with E-state index >= 15 is 4.79 Å². The van der Waals surface area contributed by atoms with Crippen LogP contribution in [0.2, 0.25) is 5.02 Å². The molecule has 55 heavy (non-hydrogen) atoms. The van der Waals surface area contributed by atoms with Gasteiger partial charge in [0.05, 0.1) is 22.5 Å². The van der Waals surface area contributed by atoms with Crippen LogP contribution in [0.1, 0.15) is 102 Å². The molecule has 3 N–H and O–H groups in total. The van der Waals surface area contributed by atoms with E-state index in [9.17, 15) is 27.9 Å². The number of rotatable bonds is 6. The summed E-state index contributed by atoms with van der Waals surface area (Å²) >= 11 is 6.39. The molecule has 5 atom stereocenters. The highest BCUT2D eigenvalue weighted by molar-refractivity contribution is 7.91. The summed E-state index contributed by atoms with van der Waals surface area (Å²) in [5, 5.41) is 14.9. The van der Waals surface area contributed by atoms with E-state index in [4.69, 9.17) is 21.3 Å². The number of carbonyl (C=O) groups is 4. The number of carbonyl (C=O) groups excluding carboxylic acids is 3. The zero-order chi connectivity index (χ0) is 39.1. The van der Waals surface area contributed by atoms with Crippen LogP contribution in [0.15, 0.2) is 30.4 Å². The van der Waals surface area contributed by atoms with E-state index in [1.807, 2.05) is 38.1 Å². The third-order valence-electron chi connectivity index (χ3n) is 13.2. The summed E-state index contributed by atoms with van der Waals surface area (Å²) in [5.74, 6) is -1.73. The Hall–Kier alpha value is -3.91. The van der Waals surface area contributed by atoms with Gasteiger partial charge < -0.3 is 20.1 Å². The van der Waals surface area contributed by atoms with Gasteiger partial charge in [0.2, 0.25) is 21.8 Å². The van der Waals surface area contributed by atoms with Crippen molar-refractivity contribution in [2.75, 3.05) is 13.1 Å². The van der Waals surface area contributed by atoms with Gasteiger partial charge in [-0.2, -0.15) is 0 Å². The summed E-state index contributed by atoms with van der Waals surface area (Å²) in [5.41, 5.74) is -0.374. The second-order valence-corrected chi connectivity index (χ2v) is 20.2. The van der Waals surface area contributed by atoms with Crippen LogP contribution in [0, 0.1) is 18.3 Å². The van der Waals surface area contributed by atoms with Gasteiger partial charge in [-0.05, 0) is 102 Å². The normalized spacial score (nSPS) is 31.4. The molecule has 1 spiro atoms. The van der Waals surface area contributed by atoms with E-state index in [1.54, 1.807) is 13.0 Å². The number of fused-ring (bicyclic) bond motifs is 5. The highest BCUT2D eigenvalue weighted by atomic mass is 35.5. The number of allylic oxidation sites excluding steroid dienone is 1. The van der Waals surface area contributed by atoms with E-state index in [0.29, 0.717) is 61.4 Å². The lowest BCUT2D eigenvalue weighted by molar-refractivity contribution is -0.143. The Morgan fingerprint density at radius 1 is 1.11 bits per heavy atom. The summed E-state index contributed by atoms with van der Waals surface area (Å²) in [6.45, 7) is 5.70. The minimum atomic E-state index is -4.00. The van der Waals surface area contributed by atoms with Crippen molar-refractivity contribution < 1.29 is 37.4 Å². The number of carboxylic acid groups (broad SMARTS) is 1. The maximum atomic E-state index is 15.0. The lowest BCUT2D eigenvalue weighted by Crippen LogP contribution is -2.59. The molecule has 1 aromatic carbocycles. The highest BCUT2D eigenvalue weighted by Crippen LogP contribution is 2.50. The number of hydrogen-bond donors (Lipinski definition) is 3. The monoisotopic (exact) mass is 795 g/mol. The molecule has 4 fully saturated rings. The van der Waals surface area contributed by atoms with Gasteiger partial charge in [0, 0.05) is 34.9 Å². The predicted octanol–water partition coefficient (Wildman–Crippen LogP) is 5.40. The Labute approximate surface area is 326 Å². The topological polar surface area (TPSA) is 175 Å². The van der Waals surface area contributed by atoms with Gasteiger partial charge >= 0.3 is 6.09 Å². The number of sulfonamides is 1. The van der Waals surface area contributed by atoms with Gasteiger partial charge in [-0.1, -0.05) is 43.5 Å². The van der Waals surface area contributed by atoms with Gasteiger partial charge in [0.1, 0.15) is 29.0 Å². The Morgan fingerprint density at radius 3 is 2.58 bits per heavy atom. The molecular weight excluding hydrogens is 746 g/mol. The summed E-state index contributed by atoms with van der Waals surface area (Å²) in [6.07, 6.45) is 9.69. The van der Waals surface area contributed by atoms with Gasteiger partial charge in [-0.15, -0.1) is 0 Å². The van der Waals surface area contributed by atoms with Crippen LogP contribution in [0.5, 0.6) is 5.75 Å². The Kier molecular flexibility index (Phi) is 9.22. The summed E-state index contributed by atoms with van der Waals surface area (Å²) < 4.78 is 34.6. The average Bonchev–Trinajstić information content (AvgIpc) is 4.09. The van der Waals surface area contributed by atoms with Crippen LogP contribution in [-0.2, 0) is 30.8 Å². The van der Waals surface area contributed by atoms with Gasteiger partial charge in [0.25, 0.3) is 5.91 Å².